The van der Waals surface area contributed by atoms with Crippen molar-refractivity contribution >= 4 is 31.9 Å². The van der Waals surface area contributed by atoms with Gasteiger partial charge in [0.05, 0.1) is 23.6 Å². The summed E-state index contributed by atoms with van der Waals surface area (Å²) in [6.07, 6.45) is 0.999. The maximum atomic E-state index is 11.4. The summed E-state index contributed by atoms with van der Waals surface area (Å²) in [7, 11) is -6.55. The summed E-state index contributed by atoms with van der Waals surface area (Å²) < 4.78 is 54.1. The zero-order valence-corrected chi connectivity index (χ0v) is 14.0. The molecule has 0 saturated heterocycles. The molecular weight excluding hydrogens is 364 g/mol. The van der Waals surface area contributed by atoms with Crippen molar-refractivity contribution in [2.75, 3.05) is 24.7 Å². The minimum Gasteiger partial charge on any atom is -0.446 e. The van der Waals surface area contributed by atoms with Crippen molar-refractivity contribution in [2.45, 2.75) is 12.1 Å². The fourth-order valence-electron chi connectivity index (χ4n) is 1.99. The van der Waals surface area contributed by atoms with Crippen molar-refractivity contribution in [3.63, 3.8) is 0 Å². The predicted molar refractivity (Wildman–Crippen MR) is 82.4 cm³/mol. The van der Waals surface area contributed by atoms with Gasteiger partial charge >= 0.3 is 12.2 Å². The number of amides is 2. The zero-order valence-electron chi connectivity index (χ0n) is 12.4. The normalized spacial score (nSPS) is 26.0. The van der Waals surface area contributed by atoms with Crippen LogP contribution >= 0.6 is 0 Å². The Morgan fingerprint density at radius 2 is 1.21 bits per heavy atom. The quantitative estimate of drug-likeness (QED) is 0.581. The maximum Gasteiger partial charge on any atom is 0.407 e. The van der Waals surface area contributed by atoms with Crippen molar-refractivity contribution in [3.8, 4) is 0 Å². The van der Waals surface area contributed by atoms with Crippen LogP contribution in [0.1, 0.15) is 0 Å². The number of carbonyl (C=O) groups is 2. The summed E-state index contributed by atoms with van der Waals surface area (Å²) in [6, 6.07) is -1.30. The predicted octanol–water partition coefficient (Wildman–Crippen LogP) is -0.940. The molecule has 0 aromatic rings. The molecule has 134 valence electrons. The maximum absolute atomic E-state index is 11.4. The number of hydrogen-bond donors (Lipinski definition) is 2. The average Bonchev–Trinajstić information content (AvgIpc) is 2.96. The lowest BCUT2D eigenvalue weighted by Gasteiger charge is -2.12. The highest BCUT2D eigenvalue weighted by molar-refractivity contribution is 7.94. The molecule has 10 nitrogen and oxygen atoms in total. The lowest BCUT2D eigenvalue weighted by atomic mass is 10.3. The first kappa shape index (κ1) is 18.3. The van der Waals surface area contributed by atoms with Gasteiger partial charge in [0.1, 0.15) is 13.2 Å². The summed E-state index contributed by atoms with van der Waals surface area (Å²) >= 11 is 0. The Hall–Kier alpha value is -2.08. The molecule has 2 unspecified atom stereocenters. The SMILES string of the molecule is O=C(NC1C=CS(=O)(=O)C1)OCCOC(=O)NC1C=CS(=O)(=O)C1. The van der Waals surface area contributed by atoms with E-state index in [1.807, 2.05) is 0 Å². The van der Waals surface area contributed by atoms with Crippen LogP contribution < -0.4 is 10.6 Å². The molecule has 0 bridgehead atoms. The number of hydrogen-bond acceptors (Lipinski definition) is 8. The first-order valence-electron chi connectivity index (χ1n) is 6.84. The number of ether oxygens (including phenoxy) is 2. The smallest absolute Gasteiger partial charge is 0.407 e. The van der Waals surface area contributed by atoms with Gasteiger partial charge in [0, 0.05) is 10.8 Å². The van der Waals surface area contributed by atoms with Crippen LogP contribution in [0.15, 0.2) is 23.0 Å². The van der Waals surface area contributed by atoms with Crippen LogP contribution in [0.25, 0.3) is 0 Å². The molecule has 2 N–H and O–H groups in total. The van der Waals surface area contributed by atoms with Gasteiger partial charge in [0.15, 0.2) is 19.7 Å². The summed E-state index contributed by atoms with van der Waals surface area (Å²) in [5, 5.41) is 6.70. The average molecular weight is 380 g/mol. The Morgan fingerprint density at radius 3 is 1.50 bits per heavy atom. The van der Waals surface area contributed by atoms with Gasteiger partial charge in [-0.3, -0.25) is 0 Å². The van der Waals surface area contributed by atoms with Gasteiger partial charge in [-0.25, -0.2) is 26.4 Å². The molecule has 2 heterocycles. The summed E-state index contributed by atoms with van der Waals surface area (Å²) in [4.78, 5) is 22.8. The Morgan fingerprint density at radius 1 is 0.833 bits per heavy atom. The number of rotatable bonds is 5. The van der Waals surface area contributed by atoms with Gasteiger partial charge in [0.2, 0.25) is 0 Å². The van der Waals surface area contributed by atoms with E-state index in [1.54, 1.807) is 0 Å². The zero-order chi connectivity index (χ0) is 17.8. The Labute approximate surface area is 138 Å². The van der Waals surface area contributed by atoms with Gasteiger partial charge in [-0.2, -0.15) is 0 Å². The van der Waals surface area contributed by atoms with Crippen LogP contribution in [-0.4, -0.2) is 65.8 Å². The summed E-state index contributed by atoms with van der Waals surface area (Å²) in [5.74, 6) is -0.447. The summed E-state index contributed by atoms with van der Waals surface area (Å²) in [5.41, 5.74) is 0. The lowest BCUT2D eigenvalue weighted by Crippen LogP contribution is -2.38. The fraction of sp³-hybridized carbons (Fsp3) is 0.500. The van der Waals surface area contributed by atoms with E-state index >= 15 is 0 Å². The first-order valence-corrected chi connectivity index (χ1v) is 10.3. The molecule has 0 saturated carbocycles. The minimum atomic E-state index is -3.27. The third-order valence-electron chi connectivity index (χ3n) is 3.02. The molecule has 2 rings (SSSR count). The second-order valence-corrected chi connectivity index (χ2v) is 8.95. The number of sulfone groups is 2. The number of alkyl carbamates (subject to hydrolysis) is 2. The van der Waals surface area contributed by atoms with Gasteiger partial charge in [-0.1, -0.05) is 0 Å². The third kappa shape index (κ3) is 5.85. The van der Waals surface area contributed by atoms with Gasteiger partial charge in [0.25, 0.3) is 0 Å². The highest BCUT2D eigenvalue weighted by Gasteiger charge is 2.24. The highest BCUT2D eigenvalue weighted by atomic mass is 32.2. The Bertz CT molecular complexity index is 703. The van der Waals surface area contributed by atoms with Crippen molar-refractivity contribution in [1.82, 2.24) is 10.6 Å². The molecule has 0 aromatic carbocycles. The summed E-state index contributed by atoms with van der Waals surface area (Å²) in [6.45, 7) is -0.470. The molecule has 0 spiro atoms. The van der Waals surface area contributed by atoms with Crippen molar-refractivity contribution in [3.05, 3.63) is 23.0 Å². The standard InChI is InChI=1S/C12H16N2O8S2/c15-11(13-9-1-5-23(17,18)7-9)21-3-4-22-12(16)14-10-2-6-24(19,20)8-10/h1-2,5-6,9-10H,3-4,7-8H2,(H,13,15)(H,14,16). The van der Waals surface area contributed by atoms with E-state index in [1.165, 1.54) is 12.2 Å². The van der Waals surface area contributed by atoms with E-state index in [4.69, 9.17) is 9.47 Å². The first-order chi connectivity index (χ1) is 11.2. The molecule has 12 heteroatoms. The van der Waals surface area contributed by atoms with E-state index < -0.39 is 43.9 Å². The van der Waals surface area contributed by atoms with Crippen LogP contribution in [0, 0.1) is 0 Å². The van der Waals surface area contributed by atoms with E-state index in [-0.39, 0.29) is 24.7 Å². The van der Waals surface area contributed by atoms with E-state index in [2.05, 4.69) is 10.6 Å². The van der Waals surface area contributed by atoms with Crippen molar-refractivity contribution < 1.29 is 35.9 Å². The van der Waals surface area contributed by atoms with Crippen LogP contribution in [-0.2, 0) is 29.1 Å². The number of carbonyl (C=O) groups excluding carboxylic acids is 2. The van der Waals surface area contributed by atoms with Crippen LogP contribution in [0.5, 0.6) is 0 Å². The minimum absolute atomic E-state index is 0.223. The molecule has 0 fully saturated rings. The molecule has 24 heavy (non-hydrogen) atoms. The van der Waals surface area contributed by atoms with Crippen molar-refractivity contribution in [2.24, 2.45) is 0 Å². The largest absolute Gasteiger partial charge is 0.446 e. The fourth-order valence-corrected chi connectivity index (χ4v) is 4.46. The highest BCUT2D eigenvalue weighted by Crippen LogP contribution is 2.08. The van der Waals surface area contributed by atoms with E-state index in [0.29, 0.717) is 0 Å². The number of nitrogens with one attached hydrogen (secondary N) is 2. The van der Waals surface area contributed by atoms with E-state index in [0.717, 1.165) is 10.8 Å². The molecule has 0 radical (unpaired) electrons. The molecular formula is C12H16N2O8S2. The second kappa shape index (κ2) is 7.21. The van der Waals surface area contributed by atoms with Gasteiger partial charge in [-0.05, 0) is 12.2 Å². The van der Waals surface area contributed by atoms with Gasteiger partial charge < -0.3 is 20.1 Å². The second-order valence-electron chi connectivity index (χ2n) is 5.09. The molecule has 2 aliphatic heterocycles. The molecule has 2 atom stereocenters. The van der Waals surface area contributed by atoms with E-state index in [9.17, 15) is 26.4 Å². The van der Waals surface area contributed by atoms with Gasteiger partial charge in [-0.15, -0.1) is 0 Å². The van der Waals surface area contributed by atoms with Crippen LogP contribution in [0.2, 0.25) is 0 Å². The molecule has 0 aliphatic carbocycles. The molecule has 2 amide bonds. The van der Waals surface area contributed by atoms with Crippen LogP contribution in [0.3, 0.4) is 0 Å². The Kier molecular flexibility index (Phi) is 5.49. The monoisotopic (exact) mass is 380 g/mol. The Balaban J connectivity index is 1.58. The lowest BCUT2D eigenvalue weighted by molar-refractivity contribution is 0.0945. The molecule has 0 aromatic heterocycles. The third-order valence-corrected chi connectivity index (χ3v) is 5.81. The topological polar surface area (TPSA) is 145 Å². The van der Waals surface area contributed by atoms with Crippen LogP contribution in [0.4, 0.5) is 9.59 Å². The van der Waals surface area contributed by atoms with Crippen molar-refractivity contribution in [1.29, 1.82) is 0 Å². The molecule has 2 aliphatic rings.